The maximum absolute atomic E-state index is 8.54. The first-order valence-electron chi connectivity index (χ1n) is 0.408. The van der Waals surface area contributed by atoms with Gasteiger partial charge in [-0.3, -0.25) is 0 Å². The van der Waals surface area contributed by atoms with Crippen LogP contribution in [0.25, 0.3) is 0 Å². The summed E-state index contributed by atoms with van der Waals surface area (Å²) in [5, 5.41) is 0. The van der Waals surface area contributed by atoms with Crippen molar-refractivity contribution in [3.63, 3.8) is 0 Å². The summed E-state index contributed by atoms with van der Waals surface area (Å²) in [7, 11) is 0. The Balaban J connectivity index is 0. The first-order chi connectivity index (χ1) is 1.41. The van der Waals surface area contributed by atoms with Crippen molar-refractivity contribution in [3.8, 4) is 0 Å². The molecule has 1 radical (unpaired) electrons. The van der Waals surface area contributed by atoms with Crippen molar-refractivity contribution in [2.24, 2.45) is 0 Å². The van der Waals surface area contributed by atoms with E-state index < -0.39 is 21.1 Å². The van der Waals surface area contributed by atoms with Gasteiger partial charge in [-0.2, -0.15) is 0 Å². The van der Waals surface area contributed by atoms with E-state index in [2.05, 4.69) is 0 Å². The fourth-order valence-corrected chi connectivity index (χ4v) is 0. The molecule has 0 aromatic heterocycles. The fourth-order valence-electron chi connectivity index (χ4n) is 0. The van der Waals surface area contributed by atoms with E-state index in [4.69, 9.17) is 6.15 Å². The van der Waals surface area contributed by atoms with Crippen LogP contribution >= 0.6 is 0 Å². The summed E-state index contributed by atoms with van der Waals surface area (Å²) in [6.45, 7) is 0. The normalized spacial score (nSPS) is 2.00. The molecule has 0 spiro atoms. The van der Waals surface area contributed by atoms with E-state index in [1.807, 2.05) is 0 Å². The third-order valence-corrected chi connectivity index (χ3v) is 0. The summed E-state index contributed by atoms with van der Waals surface area (Å²) in [4.78, 5) is 0. The zero-order chi connectivity index (χ0) is 2.71. The Kier molecular flexibility index (Phi) is 19.9. The first-order valence-corrected chi connectivity index (χ1v) is 2.74. The summed E-state index contributed by atoms with van der Waals surface area (Å²) in [6.07, 6.45) is 0. The van der Waals surface area contributed by atoms with Crippen LogP contribution in [0, 0.1) is 0 Å². The van der Waals surface area contributed by atoms with Crippen molar-refractivity contribution >= 4 is 21.1 Å². The van der Waals surface area contributed by atoms with E-state index in [0.29, 0.717) is 0 Å². The molecule has 0 aliphatic carbocycles. The molecule has 0 fully saturated rings. The van der Waals surface area contributed by atoms with Crippen LogP contribution in [-0.4, -0.2) is 21.1 Å². The van der Waals surface area contributed by atoms with Crippen LogP contribution in [0.1, 0.15) is 0 Å². The Morgan fingerprint density at radius 2 is 1.25 bits per heavy atom. The SMILES string of the molecule is [Au].[O]=[Sn]=[O]. The van der Waals surface area contributed by atoms with Gasteiger partial charge >= 0.3 is 27.3 Å². The molecule has 0 amide bonds. The zero-order valence-corrected chi connectivity index (χ0v) is 6.64. The molecule has 0 bridgehead atoms. The van der Waals surface area contributed by atoms with E-state index in [0.717, 1.165) is 0 Å². The number of hydrogen-bond acceptors (Lipinski definition) is 2. The summed E-state index contributed by atoms with van der Waals surface area (Å²) in [5.74, 6) is 0. The van der Waals surface area contributed by atoms with Gasteiger partial charge in [0.15, 0.2) is 0 Å². The predicted octanol–water partition coefficient (Wildman–Crippen LogP) is -0.621. The topological polar surface area (TPSA) is 34.1 Å². The molecular weight excluding hydrogens is 348 g/mol. The van der Waals surface area contributed by atoms with Crippen LogP contribution in [0.3, 0.4) is 0 Å². The van der Waals surface area contributed by atoms with Crippen molar-refractivity contribution in [3.05, 3.63) is 0 Å². The predicted molar refractivity (Wildman–Crippen MR) is 7.13 cm³/mol. The molecule has 0 saturated heterocycles. The molecule has 0 unspecified atom stereocenters. The number of rotatable bonds is 0. The Labute approximate surface area is 49.5 Å². The quantitative estimate of drug-likeness (QED) is 0.547. The Bertz CT molecular complexity index is 27.0. The van der Waals surface area contributed by atoms with Crippen LogP contribution in [0.4, 0.5) is 0 Å². The van der Waals surface area contributed by atoms with Crippen LogP contribution in [0.2, 0.25) is 0 Å². The van der Waals surface area contributed by atoms with E-state index in [1.54, 1.807) is 0 Å². The standard InChI is InChI=1S/Au.2O.Sn. The molecular formula is AuO2Sn. The van der Waals surface area contributed by atoms with Crippen molar-refractivity contribution in [1.82, 2.24) is 0 Å². The molecule has 0 aliphatic heterocycles. The molecule has 27 valence electrons. The molecule has 4 heteroatoms. The minimum atomic E-state index is -2.27. The summed E-state index contributed by atoms with van der Waals surface area (Å²) >= 11 is -2.27. The summed E-state index contributed by atoms with van der Waals surface area (Å²) < 4.78 is 17.1. The van der Waals surface area contributed by atoms with Gasteiger partial charge in [0.2, 0.25) is 0 Å². The monoisotopic (exact) mass is 349 g/mol. The molecule has 0 heterocycles. The minimum absolute atomic E-state index is 0. The summed E-state index contributed by atoms with van der Waals surface area (Å²) in [5.41, 5.74) is 0. The van der Waals surface area contributed by atoms with Crippen molar-refractivity contribution in [1.29, 1.82) is 0 Å². The van der Waals surface area contributed by atoms with Crippen molar-refractivity contribution in [2.75, 3.05) is 0 Å². The van der Waals surface area contributed by atoms with Gasteiger partial charge < -0.3 is 0 Å². The van der Waals surface area contributed by atoms with Crippen molar-refractivity contribution < 1.29 is 28.5 Å². The first kappa shape index (κ1) is 8.93. The zero-order valence-electron chi connectivity index (χ0n) is 1.62. The number of hydrogen-bond donors (Lipinski definition) is 0. The van der Waals surface area contributed by atoms with Gasteiger partial charge in [0, 0.05) is 22.4 Å². The third-order valence-electron chi connectivity index (χ3n) is 0. The molecule has 0 aromatic carbocycles. The molecule has 0 atom stereocenters. The van der Waals surface area contributed by atoms with Gasteiger partial charge in [-0.05, 0) is 0 Å². The van der Waals surface area contributed by atoms with Crippen molar-refractivity contribution in [2.45, 2.75) is 0 Å². The van der Waals surface area contributed by atoms with Gasteiger partial charge in [-0.25, -0.2) is 0 Å². The molecule has 2 nitrogen and oxygen atoms in total. The van der Waals surface area contributed by atoms with E-state index >= 15 is 0 Å². The van der Waals surface area contributed by atoms with Gasteiger partial charge in [-0.15, -0.1) is 0 Å². The Morgan fingerprint density at radius 1 is 1.25 bits per heavy atom. The molecule has 4 heavy (non-hydrogen) atoms. The molecule has 0 aromatic rings. The molecule has 0 aliphatic rings. The van der Waals surface area contributed by atoms with E-state index in [1.165, 1.54) is 0 Å². The Morgan fingerprint density at radius 3 is 1.25 bits per heavy atom. The fraction of sp³-hybridized carbons (Fsp3) is 0. The van der Waals surface area contributed by atoms with E-state index in [9.17, 15) is 0 Å². The second kappa shape index (κ2) is 8.91. The van der Waals surface area contributed by atoms with Crippen LogP contribution in [-0.2, 0) is 28.5 Å². The molecule has 0 saturated carbocycles. The average molecular weight is 348 g/mol. The van der Waals surface area contributed by atoms with Gasteiger partial charge in [0.25, 0.3) is 0 Å². The molecule has 0 rings (SSSR count). The van der Waals surface area contributed by atoms with Gasteiger partial charge in [-0.1, -0.05) is 0 Å². The van der Waals surface area contributed by atoms with Gasteiger partial charge in [0.1, 0.15) is 0 Å². The van der Waals surface area contributed by atoms with E-state index in [-0.39, 0.29) is 22.4 Å². The van der Waals surface area contributed by atoms with Crippen LogP contribution < -0.4 is 0 Å². The average Bonchev–Trinajstić information content (AvgIpc) is 0.918. The van der Waals surface area contributed by atoms with Gasteiger partial charge in [0.05, 0.1) is 0 Å². The Hall–Kier alpha value is 1.14. The molecule has 0 N–H and O–H groups in total. The second-order valence-corrected chi connectivity index (χ2v) is 0.559. The van der Waals surface area contributed by atoms with Crippen LogP contribution in [0.15, 0.2) is 0 Å². The maximum atomic E-state index is 8.54. The summed E-state index contributed by atoms with van der Waals surface area (Å²) in [6, 6.07) is 0. The second-order valence-electron chi connectivity index (χ2n) is 0.0833. The third kappa shape index (κ3) is 11.1. The van der Waals surface area contributed by atoms with Crippen LogP contribution in [0.5, 0.6) is 0 Å².